The number of carboxylic acid groups (broad SMARTS) is 1. The van der Waals surface area contributed by atoms with E-state index < -0.39 is 30.6 Å². The van der Waals surface area contributed by atoms with E-state index in [1.165, 1.54) is 19.1 Å². The van der Waals surface area contributed by atoms with Gasteiger partial charge in [0.15, 0.2) is 0 Å². The molecule has 0 saturated heterocycles. The molecular weight excluding hydrogens is 528 g/mol. The molecule has 0 bridgehead atoms. The fourth-order valence-electron chi connectivity index (χ4n) is 3.33. The molecule has 1 aromatic heterocycles. The number of hydrogen-bond donors (Lipinski definition) is 4. The van der Waals surface area contributed by atoms with Crippen molar-refractivity contribution in [3.8, 4) is 5.75 Å². The van der Waals surface area contributed by atoms with E-state index in [0.717, 1.165) is 16.6 Å². The van der Waals surface area contributed by atoms with Gasteiger partial charge in [0.2, 0.25) is 0 Å². The highest BCUT2D eigenvalue weighted by atomic mass is 35.5. The number of hydrogen-bond acceptors (Lipinski definition) is 9. The highest BCUT2D eigenvalue weighted by Crippen LogP contribution is 2.29. The smallest absolute Gasteiger partial charge is 0.340 e. The second-order valence-electron chi connectivity index (χ2n) is 8.02. The third-order valence-corrected chi connectivity index (χ3v) is 5.34. The second kappa shape index (κ2) is 13.9. The number of carbonyl (C=O) groups excluding carboxylic acids is 2. The summed E-state index contributed by atoms with van der Waals surface area (Å²) in [6.45, 7) is 0.470. The molecule has 0 amide bonds. The minimum atomic E-state index is -1.11. The van der Waals surface area contributed by atoms with Crippen molar-refractivity contribution < 1.29 is 39.2 Å². The molecule has 0 radical (unpaired) electrons. The quantitative estimate of drug-likeness (QED) is 0.182. The van der Waals surface area contributed by atoms with E-state index in [2.05, 4.69) is 15.0 Å². The van der Waals surface area contributed by atoms with Gasteiger partial charge in [-0.25, -0.2) is 9.59 Å². The Balaban J connectivity index is 0.000000272. The van der Waals surface area contributed by atoms with E-state index in [1.54, 1.807) is 60.8 Å². The Morgan fingerprint density at radius 3 is 2.36 bits per heavy atom. The van der Waals surface area contributed by atoms with E-state index in [-0.39, 0.29) is 17.9 Å². The number of aliphatic hydroxyl groups is 2. The van der Waals surface area contributed by atoms with Crippen LogP contribution in [0.5, 0.6) is 5.75 Å². The van der Waals surface area contributed by atoms with E-state index in [1.807, 2.05) is 6.07 Å². The topological polar surface area (TPSA) is 155 Å². The molecule has 39 heavy (non-hydrogen) atoms. The number of aromatic nitrogens is 1. The number of rotatable bonds is 8. The zero-order valence-corrected chi connectivity index (χ0v) is 21.5. The predicted octanol–water partition coefficient (Wildman–Crippen LogP) is 4.45. The number of pyridine rings is 1. The monoisotopic (exact) mass is 552 g/mol. The Kier molecular flexibility index (Phi) is 10.3. The number of aliphatic hydroxyl groups excluding tert-OH is 2. The van der Waals surface area contributed by atoms with Gasteiger partial charge in [0.25, 0.3) is 0 Å². The van der Waals surface area contributed by atoms with Crippen molar-refractivity contribution in [2.24, 2.45) is 0 Å². The van der Waals surface area contributed by atoms with Crippen molar-refractivity contribution in [3.63, 3.8) is 0 Å². The third-order valence-electron chi connectivity index (χ3n) is 5.11. The molecule has 202 valence electrons. The third kappa shape index (κ3) is 8.24. The first-order valence-electron chi connectivity index (χ1n) is 11.6. The molecule has 4 rings (SSSR count). The molecule has 0 saturated carbocycles. The van der Waals surface area contributed by atoms with Crippen molar-refractivity contribution >= 4 is 51.8 Å². The number of nitrogens with zero attached hydrogens (tertiary/aromatic N) is 1. The second-order valence-corrected chi connectivity index (χ2v) is 8.46. The van der Waals surface area contributed by atoms with Gasteiger partial charge in [-0.15, -0.1) is 0 Å². The summed E-state index contributed by atoms with van der Waals surface area (Å²) in [4.78, 5) is 37.8. The molecule has 4 aromatic rings. The summed E-state index contributed by atoms with van der Waals surface area (Å²) in [6, 6.07) is 20.0. The molecule has 0 aliphatic carbocycles. The maximum Gasteiger partial charge on any atom is 0.340 e. The van der Waals surface area contributed by atoms with Crippen molar-refractivity contribution in [3.05, 3.63) is 95.1 Å². The summed E-state index contributed by atoms with van der Waals surface area (Å²) in [5, 5.41) is 31.5. The zero-order chi connectivity index (χ0) is 28.4. The van der Waals surface area contributed by atoms with Crippen LogP contribution in [0.25, 0.3) is 10.9 Å². The fourth-order valence-corrected chi connectivity index (χ4v) is 3.50. The number of ether oxygens (including phenoxy) is 2. The Hall–Kier alpha value is -4.51. The van der Waals surface area contributed by atoms with Crippen LogP contribution < -0.4 is 10.1 Å². The molecule has 1 atom stereocenters. The number of aromatic carboxylic acids is 1. The minimum absolute atomic E-state index is 0.0160. The van der Waals surface area contributed by atoms with Crippen molar-refractivity contribution in [2.45, 2.75) is 13.0 Å². The average molecular weight is 553 g/mol. The van der Waals surface area contributed by atoms with Crippen molar-refractivity contribution in [1.29, 1.82) is 0 Å². The van der Waals surface area contributed by atoms with Gasteiger partial charge >= 0.3 is 17.9 Å². The highest BCUT2D eigenvalue weighted by molar-refractivity contribution is 6.31. The van der Waals surface area contributed by atoms with Gasteiger partial charge < -0.3 is 30.1 Å². The van der Waals surface area contributed by atoms with Crippen LogP contribution in [0.3, 0.4) is 0 Å². The van der Waals surface area contributed by atoms with Crippen LogP contribution in [0.2, 0.25) is 5.02 Å². The normalized spacial score (nSPS) is 11.1. The number of anilines is 2. The summed E-state index contributed by atoms with van der Waals surface area (Å²) in [5.41, 5.74) is 2.35. The number of benzene rings is 3. The molecule has 11 heteroatoms. The Morgan fingerprint density at radius 1 is 0.974 bits per heavy atom. The van der Waals surface area contributed by atoms with Crippen LogP contribution in [0.15, 0.2) is 79.0 Å². The average Bonchev–Trinajstić information content (AvgIpc) is 2.92. The number of esters is 2. The van der Waals surface area contributed by atoms with Crippen molar-refractivity contribution in [1.82, 2.24) is 4.98 Å². The number of nitrogens with one attached hydrogen (secondary N) is 1. The van der Waals surface area contributed by atoms with Crippen LogP contribution in [-0.4, -0.2) is 57.5 Å². The molecule has 0 spiro atoms. The maximum atomic E-state index is 12.3. The summed E-state index contributed by atoms with van der Waals surface area (Å²) < 4.78 is 9.73. The number of fused-ring (bicyclic) bond motifs is 1. The summed E-state index contributed by atoms with van der Waals surface area (Å²) in [7, 11) is 0. The largest absolute Gasteiger partial charge is 0.478 e. The molecule has 3 aromatic carbocycles. The molecule has 0 aliphatic heterocycles. The van der Waals surface area contributed by atoms with Crippen LogP contribution in [0, 0.1) is 0 Å². The fraction of sp³-hybridized carbons (Fsp3) is 0.143. The van der Waals surface area contributed by atoms with Gasteiger partial charge in [0, 0.05) is 29.2 Å². The van der Waals surface area contributed by atoms with E-state index in [4.69, 9.17) is 26.6 Å². The van der Waals surface area contributed by atoms with Gasteiger partial charge in [0.05, 0.1) is 23.4 Å². The van der Waals surface area contributed by atoms with Gasteiger partial charge in [0.1, 0.15) is 24.0 Å². The van der Waals surface area contributed by atoms with Gasteiger partial charge in [-0.1, -0.05) is 35.9 Å². The summed E-state index contributed by atoms with van der Waals surface area (Å²) in [5.74, 6) is -2.17. The maximum absolute atomic E-state index is 12.3. The molecule has 1 unspecified atom stereocenters. The molecule has 0 fully saturated rings. The number of halogens is 1. The molecular formula is C28H25ClN2O8. The molecule has 0 aliphatic rings. The van der Waals surface area contributed by atoms with E-state index in [0.29, 0.717) is 16.3 Å². The standard InChI is InChI=1S/C19H17ClN2O4.C9H8O4/c20-12-5-6-14-17(7-8-21-18(14)9-12)22-16-4-2-1-3-15(16)19(25)26-11-13(24)10-23;1-6(10)13-8-5-3-2-4-7(8)9(11)12/h1-9,13,23-24H,10-11H2,(H,21,22);2-5H,1H3,(H,11,12). The summed E-state index contributed by atoms with van der Waals surface area (Å²) >= 11 is 6.01. The molecule has 10 nitrogen and oxygen atoms in total. The lowest BCUT2D eigenvalue weighted by Gasteiger charge is -2.14. The summed E-state index contributed by atoms with van der Waals surface area (Å²) in [6.07, 6.45) is 0.549. The van der Waals surface area contributed by atoms with Gasteiger partial charge in [-0.05, 0) is 48.5 Å². The van der Waals surface area contributed by atoms with Crippen LogP contribution >= 0.6 is 11.6 Å². The van der Waals surface area contributed by atoms with E-state index in [9.17, 15) is 19.5 Å². The number of para-hydroxylation sites is 2. The lowest BCUT2D eigenvalue weighted by Crippen LogP contribution is -2.22. The van der Waals surface area contributed by atoms with Crippen LogP contribution in [-0.2, 0) is 9.53 Å². The Bertz CT molecular complexity index is 1480. The van der Waals surface area contributed by atoms with Gasteiger partial charge in [-0.3, -0.25) is 9.78 Å². The number of carbonyl (C=O) groups is 3. The predicted molar refractivity (Wildman–Crippen MR) is 145 cm³/mol. The lowest BCUT2D eigenvalue weighted by molar-refractivity contribution is -0.131. The van der Waals surface area contributed by atoms with Gasteiger partial charge in [-0.2, -0.15) is 0 Å². The molecule has 4 N–H and O–H groups in total. The first-order valence-corrected chi connectivity index (χ1v) is 11.9. The minimum Gasteiger partial charge on any atom is -0.478 e. The SMILES string of the molecule is CC(=O)Oc1ccccc1C(=O)O.O=C(OCC(O)CO)c1ccccc1Nc1ccnc2cc(Cl)ccc12. The number of carboxylic acids is 1. The van der Waals surface area contributed by atoms with Crippen LogP contribution in [0.1, 0.15) is 27.6 Å². The highest BCUT2D eigenvalue weighted by Gasteiger charge is 2.15. The van der Waals surface area contributed by atoms with Crippen molar-refractivity contribution in [2.75, 3.05) is 18.5 Å². The first-order chi connectivity index (χ1) is 18.7. The zero-order valence-electron chi connectivity index (χ0n) is 20.7. The Labute approximate surface area is 228 Å². The first kappa shape index (κ1) is 29.1. The lowest BCUT2D eigenvalue weighted by atomic mass is 10.1. The van der Waals surface area contributed by atoms with E-state index >= 15 is 0 Å². The van der Waals surface area contributed by atoms with Crippen LogP contribution in [0.4, 0.5) is 11.4 Å². The Morgan fingerprint density at radius 2 is 1.67 bits per heavy atom. The molecule has 1 heterocycles.